The van der Waals surface area contributed by atoms with Crippen LogP contribution in [0.25, 0.3) is 0 Å². The number of unbranched alkanes of at least 4 members (excludes halogenated alkanes) is 1. The van der Waals surface area contributed by atoms with Crippen molar-refractivity contribution in [1.29, 1.82) is 0 Å². The molecule has 1 aromatic heterocycles. The molecular weight excluding hydrogens is 254 g/mol. The van der Waals surface area contributed by atoms with E-state index in [0.29, 0.717) is 0 Å². The minimum atomic E-state index is 0.755. The topological polar surface area (TPSA) is 61.4 Å². The fourth-order valence-electron chi connectivity index (χ4n) is 2.25. The molecule has 0 radical (unpaired) electrons. The van der Waals surface area contributed by atoms with E-state index in [0.717, 1.165) is 69.4 Å². The van der Waals surface area contributed by atoms with Gasteiger partial charge in [0.1, 0.15) is 17.5 Å². The number of anilines is 2. The van der Waals surface area contributed by atoms with Crippen molar-refractivity contribution in [2.45, 2.75) is 26.7 Å². The Kier molecular flexibility index (Phi) is 5.15. The predicted molar refractivity (Wildman–Crippen MR) is 80.0 cm³/mol. The van der Waals surface area contributed by atoms with Crippen LogP contribution in [0.5, 0.6) is 0 Å². The van der Waals surface area contributed by atoms with Gasteiger partial charge in [0.2, 0.25) is 6.41 Å². The average Bonchev–Trinajstić information content (AvgIpc) is 2.47. The van der Waals surface area contributed by atoms with E-state index < -0.39 is 0 Å². The summed E-state index contributed by atoms with van der Waals surface area (Å²) in [5.74, 6) is 2.61. The van der Waals surface area contributed by atoms with E-state index in [1.807, 2.05) is 13.0 Å². The Bertz CT molecular complexity index is 443. The Hall–Kier alpha value is -1.85. The molecule has 2 heterocycles. The van der Waals surface area contributed by atoms with Crippen LogP contribution < -0.4 is 10.2 Å². The van der Waals surface area contributed by atoms with Crippen LogP contribution in [0, 0.1) is 6.92 Å². The zero-order valence-corrected chi connectivity index (χ0v) is 12.3. The maximum atomic E-state index is 10.7. The van der Waals surface area contributed by atoms with Gasteiger partial charge in [-0.15, -0.1) is 0 Å². The summed E-state index contributed by atoms with van der Waals surface area (Å²) in [7, 11) is 0. The van der Waals surface area contributed by atoms with E-state index in [1.54, 1.807) is 4.90 Å². The molecule has 6 heteroatoms. The van der Waals surface area contributed by atoms with E-state index in [4.69, 9.17) is 0 Å². The summed E-state index contributed by atoms with van der Waals surface area (Å²) in [6, 6.07) is 2.00. The molecule has 0 aliphatic carbocycles. The normalized spacial score (nSPS) is 15.3. The second kappa shape index (κ2) is 7.07. The first-order valence-corrected chi connectivity index (χ1v) is 7.26. The Balaban J connectivity index is 2.02. The number of aromatic nitrogens is 2. The summed E-state index contributed by atoms with van der Waals surface area (Å²) in [5.41, 5.74) is 0. The quantitative estimate of drug-likeness (QED) is 0.627. The van der Waals surface area contributed by atoms with Crippen LogP contribution in [-0.4, -0.2) is 54.0 Å². The van der Waals surface area contributed by atoms with Gasteiger partial charge < -0.3 is 15.1 Å². The number of nitrogens with zero attached hydrogens (tertiary/aromatic N) is 4. The molecule has 0 unspecified atom stereocenters. The SMILES string of the molecule is CCCCNc1cc(N2CCN(C=O)CC2)nc(C)n1. The van der Waals surface area contributed by atoms with Gasteiger partial charge in [0, 0.05) is 38.8 Å². The lowest BCUT2D eigenvalue weighted by Gasteiger charge is -2.33. The van der Waals surface area contributed by atoms with Gasteiger partial charge in [-0.2, -0.15) is 0 Å². The van der Waals surface area contributed by atoms with E-state index in [-0.39, 0.29) is 0 Å². The van der Waals surface area contributed by atoms with Gasteiger partial charge in [-0.25, -0.2) is 9.97 Å². The first-order valence-electron chi connectivity index (χ1n) is 7.26. The summed E-state index contributed by atoms with van der Waals surface area (Å²) in [4.78, 5) is 23.7. The minimum Gasteiger partial charge on any atom is -0.370 e. The maximum Gasteiger partial charge on any atom is 0.209 e. The van der Waals surface area contributed by atoms with Crippen molar-refractivity contribution in [1.82, 2.24) is 14.9 Å². The van der Waals surface area contributed by atoms with Gasteiger partial charge in [-0.05, 0) is 13.3 Å². The highest BCUT2D eigenvalue weighted by Gasteiger charge is 2.17. The highest BCUT2D eigenvalue weighted by molar-refractivity contribution is 5.52. The second-order valence-electron chi connectivity index (χ2n) is 5.07. The van der Waals surface area contributed by atoms with Crippen molar-refractivity contribution in [3.8, 4) is 0 Å². The van der Waals surface area contributed by atoms with Crippen molar-refractivity contribution < 1.29 is 4.79 Å². The van der Waals surface area contributed by atoms with Crippen molar-refractivity contribution >= 4 is 18.0 Å². The fraction of sp³-hybridized carbons (Fsp3) is 0.643. The molecule has 1 saturated heterocycles. The first-order chi connectivity index (χ1) is 9.72. The number of amides is 1. The van der Waals surface area contributed by atoms with Crippen LogP contribution >= 0.6 is 0 Å². The summed E-state index contributed by atoms with van der Waals surface area (Å²) in [6.07, 6.45) is 3.22. The number of carbonyl (C=O) groups is 1. The van der Waals surface area contributed by atoms with Gasteiger partial charge in [-0.3, -0.25) is 4.79 Å². The van der Waals surface area contributed by atoms with Gasteiger partial charge >= 0.3 is 0 Å². The maximum absolute atomic E-state index is 10.7. The first kappa shape index (κ1) is 14.6. The van der Waals surface area contributed by atoms with Gasteiger partial charge in [-0.1, -0.05) is 13.3 Å². The molecule has 0 aromatic carbocycles. The smallest absolute Gasteiger partial charge is 0.209 e. The van der Waals surface area contributed by atoms with E-state index in [9.17, 15) is 4.79 Å². The predicted octanol–water partition coefficient (Wildman–Crippen LogP) is 1.28. The third-order valence-corrected chi connectivity index (χ3v) is 3.45. The summed E-state index contributed by atoms with van der Waals surface area (Å²) in [6.45, 7) is 8.18. The molecule has 6 nitrogen and oxygen atoms in total. The van der Waals surface area contributed by atoms with E-state index in [1.165, 1.54) is 0 Å². The number of rotatable bonds is 6. The number of aryl methyl sites for hydroxylation is 1. The zero-order valence-electron chi connectivity index (χ0n) is 12.3. The standard InChI is InChI=1S/C14H23N5O/c1-3-4-5-15-13-10-14(17-12(2)16-13)19-8-6-18(11-20)7-9-19/h10-11H,3-9H2,1-2H3,(H,15,16,17). The van der Waals surface area contributed by atoms with Crippen LogP contribution in [0.15, 0.2) is 6.07 Å². The lowest BCUT2D eigenvalue weighted by atomic mass is 10.3. The molecule has 0 spiro atoms. The van der Waals surface area contributed by atoms with Gasteiger partial charge in [0.05, 0.1) is 0 Å². The number of piperazine rings is 1. The molecule has 1 fully saturated rings. The number of nitrogens with one attached hydrogen (secondary N) is 1. The minimum absolute atomic E-state index is 0.755. The van der Waals surface area contributed by atoms with Gasteiger partial charge in [0.25, 0.3) is 0 Å². The molecule has 1 aliphatic rings. The summed E-state index contributed by atoms with van der Waals surface area (Å²) in [5, 5.41) is 3.34. The van der Waals surface area contributed by atoms with Crippen molar-refractivity contribution in [3.63, 3.8) is 0 Å². The van der Waals surface area contributed by atoms with E-state index >= 15 is 0 Å². The average molecular weight is 277 g/mol. The molecule has 1 aliphatic heterocycles. The monoisotopic (exact) mass is 277 g/mol. The fourth-order valence-corrected chi connectivity index (χ4v) is 2.25. The van der Waals surface area contributed by atoms with E-state index in [2.05, 4.69) is 27.1 Å². The number of hydrogen-bond donors (Lipinski definition) is 1. The highest BCUT2D eigenvalue weighted by atomic mass is 16.1. The molecule has 0 bridgehead atoms. The molecule has 0 saturated carbocycles. The van der Waals surface area contributed by atoms with Crippen LogP contribution in [0.2, 0.25) is 0 Å². The molecule has 1 aromatic rings. The second-order valence-corrected chi connectivity index (χ2v) is 5.07. The molecule has 2 rings (SSSR count). The lowest BCUT2D eigenvalue weighted by Crippen LogP contribution is -2.46. The number of carbonyl (C=O) groups excluding carboxylic acids is 1. The largest absolute Gasteiger partial charge is 0.370 e. The van der Waals surface area contributed by atoms with Crippen molar-refractivity contribution in [3.05, 3.63) is 11.9 Å². The van der Waals surface area contributed by atoms with Crippen LogP contribution in [0.1, 0.15) is 25.6 Å². The summed E-state index contributed by atoms with van der Waals surface area (Å²) < 4.78 is 0. The molecule has 110 valence electrons. The Labute approximate surface area is 120 Å². The molecular formula is C14H23N5O. The van der Waals surface area contributed by atoms with Crippen LogP contribution in [-0.2, 0) is 4.79 Å². The van der Waals surface area contributed by atoms with Gasteiger partial charge in [0.15, 0.2) is 0 Å². The Morgan fingerprint density at radius 1 is 1.30 bits per heavy atom. The third-order valence-electron chi connectivity index (χ3n) is 3.45. The molecule has 1 amide bonds. The van der Waals surface area contributed by atoms with Crippen molar-refractivity contribution in [2.75, 3.05) is 42.9 Å². The van der Waals surface area contributed by atoms with Crippen molar-refractivity contribution in [2.24, 2.45) is 0 Å². The third kappa shape index (κ3) is 3.82. The lowest BCUT2D eigenvalue weighted by molar-refractivity contribution is -0.118. The molecule has 1 N–H and O–H groups in total. The van der Waals surface area contributed by atoms with Crippen LogP contribution in [0.4, 0.5) is 11.6 Å². The number of hydrogen-bond acceptors (Lipinski definition) is 5. The molecule has 20 heavy (non-hydrogen) atoms. The highest BCUT2D eigenvalue weighted by Crippen LogP contribution is 2.17. The molecule has 0 atom stereocenters. The summed E-state index contributed by atoms with van der Waals surface area (Å²) >= 11 is 0. The van der Waals surface area contributed by atoms with Crippen LogP contribution in [0.3, 0.4) is 0 Å². The Morgan fingerprint density at radius 2 is 2.05 bits per heavy atom. The Morgan fingerprint density at radius 3 is 2.70 bits per heavy atom. The zero-order chi connectivity index (χ0) is 14.4.